The number of halogens is 1. The fraction of sp³-hybridized carbons (Fsp3) is 0.667. The third-order valence-corrected chi connectivity index (χ3v) is 5.74. The van der Waals surface area contributed by atoms with E-state index in [1.807, 2.05) is 18.0 Å². The summed E-state index contributed by atoms with van der Waals surface area (Å²) in [5.41, 5.74) is 0.977. The first-order valence-electron chi connectivity index (χ1n) is 8.74. The number of amides is 1. The zero-order valence-corrected chi connectivity index (χ0v) is 15.5. The number of pyridine rings is 1. The minimum absolute atomic E-state index is 0.209. The summed E-state index contributed by atoms with van der Waals surface area (Å²) in [5.74, 6) is 0.209. The normalized spacial score (nSPS) is 25.5. The maximum Gasteiger partial charge on any atom is 0.227 e. The SMILES string of the molecule is CN(C(=O)Cc1cncc(Br)c1)[C@H]1CCCC[C@@H]1N1CCCC1. The summed E-state index contributed by atoms with van der Waals surface area (Å²) in [6, 6.07) is 2.91. The van der Waals surface area contributed by atoms with Crippen LogP contribution in [-0.2, 0) is 11.2 Å². The molecule has 2 fully saturated rings. The lowest BCUT2D eigenvalue weighted by molar-refractivity contribution is -0.133. The molecule has 126 valence electrons. The van der Waals surface area contributed by atoms with Crippen LogP contribution in [0.5, 0.6) is 0 Å². The second-order valence-electron chi connectivity index (χ2n) is 6.86. The first-order valence-corrected chi connectivity index (χ1v) is 9.53. The van der Waals surface area contributed by atoms with E-state index in [4.69, 9.17) is 0 Å². The largest absolute Gasteiger partial charge is 0.341 e. The minimum atomic E-state index is 0.209. The molecule has 4 nitrogen and oxygen atoms in total. The minimum Gasteiger partial charge on any atom is -0.341 e. The van der Waals surface area contributed by atoms with Gasteiger partial charge >= 0.3 is 0 Å². The van der Waals surface area contributed by atoms with Gasteiger partial charge < -0.3 is 4.90 Å². The van der Waals surface area contributed by atoms with Gasteiger partial charge in [-0.05, 0) is 66.3 Å². The summed E-state index contributed by atoms with van der Waals surface area (Å²) in [6.45, 7) is 2.41. The number of carbonyl (C=O) groups excluding carboxylic acids is 1. The van der Waals surface area contributed by atoms with Gasteiger partial charge in [0.05, 0.1) is 6.42 Å². The van der Waals surface area contributed by atoms with Gasteiger partial charge in [0.2, 0.25) is 5.91 Å². The van der Waals surface area contributed by atoms with Crippen molar-refractivity contribution in [2.75, 3.05) is 20.1 Å². The monoisotopic (exact) mass is 379 g/mol. The van der Waals surface area contributed by atoms with Gasteiger partial charge in [0.15, 0.2) is 0 Å². The highest BCUT2D eigenvalue weighted by atomic mass is 79.9. The third-order valence-electron chi connectivity index (χ3n) is 5.31. The van der Waals surface area contributed by atoms with E-state index in [1.54, 1.807) is 12.4 Å². The molecule has 3 rings (SSSR count). The molecule has 1 aromatic heterocycles. The molecule has 1 amide bonds. The van der Waals surface area contributed by atoms with E-state index in [2.05, 4.69) is 25.8 Å². The van der Waals surface area contributed by atoms with Gasteiger partial charge in [-0.1, -0.05) is 12.8 Å². The molecule has 5 heteroatoms. The van der Waals surface area contributed by atoms with Crippen LogP contribution >= 0.6 is 15.9 Å². The predicted molar refractivity (Wildman–Crippen MR) is 95.3 cm³/mol. The van der Waals surface area contributed by atoms with Crippen LogP contribution in [0.3, 0.4) is 0 Å². The van der Waals surface area contributed by atoms with Crippen LogP contribution in [0, 0.1) is 0 Å². The molecule has 23 heavy (non-hydrogen) atoms. The van der Waals surface area contributed by atoms with Crippen molar-refractivity contribution in [3.63, 3.8) is 0 Å². The average Bonchev–Trinajstić information content (AvgIpc) is 3.08. The number of likely N-dealkylation sites (tertiary alicyclic amines) is 1. The molecule has 1 aliphatic carbocycles. The van der Waals surface area contributed by atoms with Crippen LogP contribution in [0.4, 0.5) is 0 Å². The van der Waals surface area contributed by atoms with E-state index in [0.29, 0.717) is 18.5 Å². The second kappa shape index (κ2) is 7.75. The Balaban J connectivity index is 1.66. The van der Waals surface area contributed by atoms with Crippen molar-refractivity contribution in [3.05, 3.63) is 28.5 Å². The van der Waals surface area contributed by atoms with Crippen molar-refractivity contribution in [1.29, 1.82) is 0 Å². The zero-order chi connectivity index (χ0) is 16.2. The Labute approximate surface area is 147 Å². The molecule has 2 aliphatic rings. The summed E-state index contributed by atoms with van der Waals surface area (Å²) < 4.78 is 0.929. The van der Waals surface area contributed by atoms with Crippen molar-refractivity contribution in [2.24, 2.45) is 0 Å². The zero-order valence-electron chi connectivity index (χ0n) is 13.9. The van der Waals surface area contributed by atoms with Crippen LogP contribution in [0.25, 0.3) is 0 Å². The first kappa shape index (κ1) is 16.9. The molecule has 0 unspecified atom stereocenters. The number of hydrogen-bond acceptors (Lipinski definition) is 3. The predicted octanol–water partition coefficient (Wildman–Crippen LogP) is 3.25. The highest BCUT2D eigenvalue weighted by Crippen LogP contribution is 2.29. The van der Waals surface area contributed by atoms with E-state index >= 15 is 0 Å². The van der Waals surface area contributed by atoms with Crippen molar-refractivity contribution < 1.29 is 4.79 Å². The van der Waals surface area contributed by atoms with Crippen LogP contribution in [0.15, 0.2) is 22.9 Å². The molecule has 2 heterocycles. The molecule has 1 saturated carbocycles. The summed E-state index contributed by atoms with van der Waals surface area (Å²) in [5, 5.41) is 0. The van der Waals surface area contributed by atoms with Gasteiger partial charge in [-0.2, -0.15) is 0 Å². The summed E-state index contributed by atoms with van der Waals surface area (Å²) in [6.07, 6.45) is 11.5. The molecule has 0 aromatic carbocycles. The Kier molecular flexibility index (Phi) is 5.70. The van der Waals surface area contributed by atoms with E-state index in [0.717, 1.165) is 16.5 Å². The van der Waals surface area contributed by atoms with E-state index in [1.165, 1.54) is 45.2 Å². The molecule has 1 aliphatic heterocycles. The Hall–Kier alpha value is -0.940. The van der Waals surface area contributed by atoms with E-state index in [9.17, 15) is 4.79 Å². The van der Waals surface area contributed by atoms with Crippen molar-refractivity contribution >= 4 is 21.8 Å². The standard InChI is InChI=1S/C18H26BrN3O/c1-21(18(23)11-14-10-15(19)13-20-12-14)16-6-2-3-7-17(16)22-8-4-5-9-22/h10,12-13,16-17H,2-9,11H2,1H3/t16-,17-/m0/s1. The molecule has 1 aromatic rings. The van der Waals surface area contributed by atoms with Crippen LogP contribution in [0.1, 0.15) is 44.1 Å². The van der Waals surface area contributed by atoms with Crippen molar-refractivity contribution in [2.45, 2.75) is 57.0 Å². The van der Waals surface area contributed by atoms with Gasteiger partial charge in [0.1, 0.15) is 0 Å². The van der Waals surface area contributed by atoms with Gasteiger partial charge in [-0.25, -0.2) is 0 Å². The molecule has 1 saturated heterocycles. The smallest absolute Gasteiger partial charge is 0.227 e. The first-order chi connectivity index (χ1) is 11.1. The van der Waals surface area contributed by atoms with Crippen LogP contribution in [0.2, 0.25) is 0 Å². The van der Waals surface area contributed by atoms with Gasteiger partial charge in [-0.3, -0.25) is 14.7 Å². The maximum absolute atomic E-state index is 12.7. The Morgan fingerprint density at radius 3 is 2.74 bits per heavy atom. The highest BCUT2D eigenvalue weighted by Gasteiger charge is 2.35. The molecular formula is C18H26BrN3O. The number of rotatable bonds is 4. The van der Waals surface area contributed by atoms with Crippen LogP contribution in [-0.4, -0.2) is 52.9 Å². The molecule has 0 bridgehead atoms. The Morgan fingerprint density at radius 1 is 1.26 bits per heavy atom. The summed E-state index contributed by atoms with van der Waals surface area (Å²) in [4.78, 5) is 21.5. The summed E-state index contributed by atoms with van der Waals surface area (Å²) >= 11 is 3.43. The van der Waals surface area contributed by atoms with E-state index in [-0.39, 0.29) is 5.91 Å². The van der Waals surface area contributed by atoms with Gasteiger partial charge in [0.25, 0.3) is 0 Å². The maximum atomic E-state index is 12.7. The highest BCUT2D eigenvalue weighted by molar-refractivity contribution is 9.10. The number of likely N-dealkylation sites (N-methyl/N-ethyl adjacent to an activating group) is 1. The van der Waals surface area contributed by atoms with Crippen LogP contribution < -0.4 is 0 Å². The number of hydrogen-bond donors (Lipinski definition) is 0. The molecule has 0 radical (unpaired) electrons. The fourth-order valence-electron chi connectivity index (χ4n) is 4.08. The lowest BCUT2D eigenvalue weighted by Gasteiger charge is -2.42. The second-order valence-corrected chi connectivity index (χ2v) is 7.77. The quantitative estimate of drug-likeness (QED) is 0.805. The topological polar surface area (TPSA) is 36.4 Å². The molecule has 0 spiro atoms. The molecular weight excluding hydrogens is 354 g/mol. The summed E-state index contributed by atoms with van der Waals surface area (Å²) in [7, 11) is 1.99. The van der Waals surface area contributed by atoms with E-state index < -0.39 is 0 Å². The van der Waals surface area contributed by atoms with Gasteiger partial charge in [-0.15, -0.1) is 0 Å². The van der Waals surface area contributed by atoms with Gasteiger partial charge in [0, 0.05) is 36.0 Å². The van der Waals surface area contributed by atoms with Crippen molar-refractivity contribution in [3.8, 4) is 0 Å². The lowest BCUT2D eigenvalue weighted by atomic mass is 9.88. The Morgan fingerprint density at radius 2 is 2.00 bits per heavy atom. The molecule has 0 N–H and O–H groups in total. The number of nitrogens with zero attached hydrogens (tertiary/aromatic N) is 3. The lowest BCUT2D eigenvalue weighted by Crippen LogP contribution is -2.53. The fourth-order valence-corrected chi connectivity index (χ4v) is 4.49. The molecule has 2 atom stereocenters. The number of aromatic nitrogens is 1. The Bertz CT molecular complexity index is 545. The number of carbonyl (C=O) groups is 1. The average molecular weight is 380 g/mol. The van der Waals surface area contributed by atoms with Crippen molar-refractivity contribution in [1.82, 2.24) is 14.8 Å². The third kappa shape index (κ3) is 4.13.